The van der Waals surface area contributed by atoms with E-state index >= 15 is 0 Å². The molecule has 36 heavy (non-hydrogen) atoms. The molecule has 188 valence electrons. The van der Waals surface area contributed by atoms with Crippen molar-refractivity contribution < 1.29 is 18.7 Å². The third-order valence-electron chi connectivity index (χ3n) is 6.83. The molecule has 0 spiro atoms. The van der Waals surface area contributed by atoms with Gasteiger partial charge in [-0.05, 0) is 55.8 Å². The molecule has 2 amide bonds. The SMILES string of the molecule is Cc1ccc(C(=O)Nc2cc(C(=O)N3CCOCC3)ccc2N2CCN(c3ccccc3C)CC2)o1. The van der Waals surface area contributed by atoms with Crippen LogP contribution in [0.3, 0.4) is 0 Å². The topological polar surface area (TPSA) is 78.3 Å². The normalized spacial score (nSPS) is 16.2. The average Bonchev–Trinajstić information content (AvgIpc) is 3.36. The van der Waals surface area contributed by atoms with Gasteiger partial charge >= 0.3 is 0 Å². The van der Waals surface area contributed by atoms with Gasteiger partial charge in [0.1, 0.15) is 5.76 Å². The number of nitrogens with zero attached hydrogens (tertiary/aromatic N) is 3. The molecule has 0 bridgehead atoms. The summed E-state index contributed by atoms with van der Waals surface area (Å²) >= 11 is 0. The average molecular weight is 489 g/mol. The first-order valence-electron chi connectivity index (χ1n) is 12.4. The summed E-state index contributed by atoms with van der Waals surface area (Å²) in [7, 11) is 0. The highest BCUT2D eigenvalue weighted by Crippen LogP contribution is 2.31. The molecule has 8 heteroatoms. The van der Waals surface area contributed by atoms with Gasteiger partial charge in [-0.3, -0.25) is 9.59 Å². The number of furan rings is 1. The number of para-hydroxylation sites is 1. The van der Waals surface area contributed by atoms with Gasteiger partial charge in [0.25, 0.3) is 11.8 Å². The minimum atomic E-state index is -0.334. The van der Waals surface area contributed by atoms with Crippen LogP contribution in [0.4, 0.5) is 17.1 Å². The van der Waals surface area contributed by atoms with E-state index in [9.17, 15) is 9.59 Å². The molecule has 0 unspecified atom stereocenters. The van der Waals surface area contributed by atoms with Gasteiger partial charge in [0.2, 0.25) is 0 Å². The highest BCUT2D eigenvalue weighted by Gasteiger charge is 2.24. The molecule has 3 aromatic rings. The molecule has 0 saturated carbocycles. The van der Waals surface area contributed by atoms with Crippen molar-refractivity contribution >= 4 is 28.9 Å². The smallest absolute Gasteiger partial charge is 0.291 e. The molecule has 2 aliphatic rings. The number of anilines is 3. The highest BCUT2D eigenvalue weighted by atomic mass is 16.5. The summed E-state index contributed by atoms with van der Waals surface area (Å²) in [6.45, 7) is 9.47. The summed E-state index contributed by atoms with van der Waals surface area (Å²) in [4.78, 5) is 32.6. The second-order valence-corrected chi connectivity index (χ2v) is 9.26. The maximum Gasteiger partial charge on any atom is 0.291 e. The number of hydrogen-bond donors (Lipinski definition) is 1. The van der Waals surface area contributed by atoms with E-state index in [-0.39, 0.29) is 17.6 Å². The molecule has 2 fully saturated rings. The fourth-order valence-corrected chi connectivity index (χ4v) is 4.84. The van der Waals surface area contributed by atoms with Crippen molar-refractivity contribution in [3.63, 3.8) is 0 Å². The Balaban J connectivity index is 1.39. The molecule has 0 atom stereocenters. The predicted octanol–water partition coefficient (Wildman–Crippen LogP) is 3.95. The van der Waals surface area contributed by atoms with Gasteiger partial charge < -0.3 is 29.2 Å². The molecule has 3 heterocycles. The summed E-state index contributed by atoms with van der Waals surface area (Å²) in [6, 6.07) is 17.4. The van der Waals surface area contributed by atoms with Gasteiger partial charge in [-0.15, -0.1) is 0 Å². The summed E-state index contributed by atoms with van der Waals surface area (Å²) in [5, 5.41) is 3.00. The van der Waals surface area contributed by atoms with Crippen molar-refractivity contribution in [1.82, 2.24) is 4.90 Å². The number of carbonyl (C=O) groups excluding carboxylic acids is 2. The first kappa shape index (κ1) is 23.9. The third kappa shape index (κ3) is 5.09. The molecule has 2 saturated heterocycles. The number of carbonyl (C=O) groups is 2. The number of aryl methyl sites for hydroxylation is 2. The molecule has 2 aromatic carbocycles. The van der Waals surface area contributed by atoms with Gasteiger partial charge in [-0.2, -0.15) is 0 Å². The van der Waals surface area contributed by atoms with Gasteiger partial charge in [-0.1, -0.05) is 18.2 Å². The molecular formula is C28H32N4O4. The second-order valence-electron chi connectivity index (χ2n) is 9.26. The van der Waals surface area contributed by atoms with Crippen molar-refractivity contribution in [3.05, 3.63) is 77.2 Å². The summed E-state index contributed by atoms with van der Waals surface area (Å²) in [5.74, 6) is 0.522. The lowest BCUT2D eigenvalue weighted by atomic mass is 10.1. The van der Waals surface area contributed by atoms with Crippen molar-refractivity contribution in [2.75, 3.05) is 67.6 Å². The van der Waals surface area contributed by atoms with Gasteiger partial charge in [0.15, 0.2) is 5.76 Å². The van der Waals surface area contributed by atoms with E-state index in [1.807, 2.05) is 12.1 Å². The van der Waals surface area contributed by atoms with Crippen LogP contribution >= 0.6 is 0 Å². The standard InChI is InChI=1S/C28H32N4O4/c1-20-5-3-4-6-24(20)30-11-13-31(14-12-30)25-9-8-22(28(34)32-15-17-35-18-16-32)19-23(25)29-27(33)26-10-7-21(2)36-26/h3-10,19H,11-18H2,1-2H3,(H,29,33). The molecule has 0 radical (unpaired) electrons. The lowest BCUT2D eigenvalue weighted by Crippen LogP contribution is -2.47. The Morgan fingerprint density at radius 3 is 2.17 bits per heavy atom. The van der Waals surface area contributed by atoms with E-state index in [0.29, 0.717) is 43.3 Å². The number of amides is 2. The molecule has 2 aliphatic heterocycles. The molecule has 0 aliphatic carbocycles. The van der Waals surface area contributed by atoms with Crippen LogP contribution in [0, 0.1) is 13.8 Å². The van der Waals surface area contributed by atoms with Crippen molar-refractivity contribution in [2.24, 2.45) is 0 Å². The van der Waals surface area contributed by atoms with Crippen LogP contribution in [0.15, 0.2) is 59.0 Å². The predicted molar refractivity (Wildman–Crippen MR) is 140 cm³/mol. The monoisotopic (exact) mass is 488 g/mol. The van der Waals surface area contributed by atoms with E-state index in [2.05, 4.69) is 46.3 Å². The summed E-state index contributed by atoms with van der Waals surface area (Å²) in [6.07, 6.45) is 0. The fourth-order valence-electron chi connectivity index (χ4n) is 4.84. The Morgan fingerprint density at radius 1 is 0.806 bits per heavy atom. The van der Waals surface area contributed by atoms with Crippen molar-refractivity contribution in [3.8, 4) is 0 Å². The van der Waals surface area contributed by atoms with Gasteiger partial charge in [0, 0.05) is 50.5 Å². The number of piperazine rings is 1. The van der Waals surface area contributed by atoms with Crippen LogP contribution in [0.1, 0.15) is 32.2 Å². The zero-order valence-electron chi connectivity index (χ0n) is 20.8. The summed E-state index contributed by atoms with van der Waals surface area (Å²) in [5.41, 5.74) is 4.57. The van der Waals surface area contributed by atoms with Gasteiger partial charge in [0.05, 0.1) is 24.6 Å². The maximum atomic E-state index is 13.1. The Labute approximate surface area is 211 Å². The number of nitrogens with one attached hydrogen (secondary N) is 1. The van der Waals surface area contributed by atoms with E-state index < -0.39 is 0 Å². The van der Waals surface area contributed by atoms with Crippen LogP contribution in [0.5, 0.6) is 0 Å². The van der Waals surface area contributed by atoms with Crippen molar-refractivity contribution in [2.45, 2.75) is 13.8 Å². The molecular weight excluding hydrogens is 456 g/mol. The van der Waals surface area contributed by atoms with E-state index in [1.54, 1.807) is 30.0 Å². The molecule has 5 rings (SSSR count). The third-order valence-corrected chi connectivity index (χ3v) is 6.83. The molecule has 1 aromatic heterocycles. The fraction of sp³-hybridized carbons (Fsp3) is 0.357. The summed E-state index contributed by atoms with van der Waals surface area (Å²) < 4.78 is 10.9. The Morgan fingerprint density at radius 2 is 1.50 bits per heavy atom. The number of benzene rings is 2. The van der Waals surface area contributed by atoms with Crippen LogP contribution in [-0.4, -0.2) is 69.2 Å². The molecule has 1 N–H and O–H groups in total. The van der Waals surface area contributed by atoms with Crippen LogP contribution in [-0.2, 0) is 4.74 Å². The lowest BCUT2D eigenvalue weighted by Gasteiger charge is -2.38. The second kappa shape index (κ2) is 10.5. The first-order chi connectivity index (χ1) is 17.5. The Bertz CT molecular complexity index is 1240. The highest BCUT2D eigenvalue weighted by molar-refractivity contribution is 6.05. The van der Waals surface area contributed by atoms with Crippen molar-refractivity contribution in [1.29, 1.82) is 0 Å². The van der Waals surface area contributed by atoms with Crippen LogP contribution < -0.4 is 15.1 Å². The van der Waals surface area contributed by atoms with Crippen LogP contribution in [0.25, 0.3) is 0 Å². The number of rotatable bonds is 5. The number of hydrogen-bond acceptors (Lipinski definition) is 6. The van der Waals surface area contributed by atoms with E-state index in [4.69, 9.17) is 9.15 Å². The maximum absolute atomic E-state index is 13.1. The Hall–Kier alpha value is -3.78. The first-order valence-corrected chi connectivity index (χ1v) is 12.4. The quantitative estimate of drug-likeness (QED) is 0.586. The number of ether oxygens (including phenoxy) is 1. The number of morpholine rings is 1. The molecule has 8 nitrogen and oxygen atoms in total. The minimum Gasteiger partial charge on any atom is -0.456 e. The van der Waals surface area contributed by atoms with Crippen LogP contribution in [0.2, 0.25) is 0 Å². The Kier molecular flexibility index (Phi) is 6.95. The van der Waals surface area contributed by atoms with Gasteiger partial charge in [-0.25, -0.2) is 0 Å². The zero-order valence-corrected chi connectivity index (χ0v) is 20.8. The van der Waals surface area contributed by atoms with E-state index in [1.165, 1.54) is 11.3 Å². The van der Waals surface area contributed by atoms with E-state index in [0.717, 1.165) is 31.9 Å². The lowest BCUT2D eigenvalue weighted by molar-refractivity contribution is 0.0303. The zero-order chi connectivity index (χ0) is 25.1. The minimum absolute atomic E-state index is 0.0569. The largest absolute Gasteiger partial charge is 0.456 e.